The quantitative estimate of drug-likeness (QED) is 0.782. The Balaban J connectivity index is 1.63. The lowest BCUT2D eigenvalue weighted by molar-refractivity contribution is -0.129. The average molecular weight is 246 g/mol. The molecular weight excluding hydrogens is 228 g/mol. The molecule has 1 amide bonds. The van der Waals surface area contributed by atoms with Gasteiger partial charge in [-0.05, 0) is 25.0 Å². The van der Waals surface area contributed by atoms with Gasteiger partial charge in [-0.3, -0.25) is 4.79 Å². The maximum atomic E-state index is 11.2. The van der Waals surface area contributed by atoms with E-state index in [1.54, 1.807) is 6.92 Å². The molecule has 1 saturated carbocycles. The molecule has 0 bridgehead atoms. The lowest BCUT2D eigenvalue weighted by Gasteiger charge is -2.34. The monoisotopic (exact) mass is 246 g/mol. The van der Waals surface area contributed by atoms with Crippen molar-refractivity contribution in [2.24, 2.45) is 0 Å². The number of amides is 1. The van der Waals surface area contributed by atoms with Crippen LogP contribution in [-0.4, -0.2) is 47.2 Å². The minimum absolute atomic E-state index is 0.157. The Labute approximate surface area is 107 Å². The minimum atomic E-state index is 0.157. The molecule has 0 radical (unpaired) electrons. The average Bonchev–Trinajstić information content (AvgIpc) is 3.23. The number of anilines is 1. The Morgan fingerprint density at radius 3 is 2.39 bits per heavy atom. The standard InChI is InChI=1S/C13H18N4O/c1-10(18)16-6-8-17(9-7-16)13-5-4-12(14-15-13)11-2-3-11/h4-5,11H,2-3,6-9H2,1H3. The van der Waals surface area contributed by atoms with Crippen LogP contribution in [0.3, 0.4) is 0 Å². The van der Waals surface area contributed by atoms with Gasteiger partial charge >= 0.3 is 0 Å². The summed E-state index contributed by atoms with van der Waals surface area (Å²) in [5.74, 6) is 1.74. The van der Waals surface area contributed by atoms with Crippen LogP contribution in [-0.2, 0) is 4.79 Å². The summed E-state index contributed by atoms with van der Waals surface area (Å²) in [5.41, 5.74) is 1.13. The first-order valence-corrected chi connectivity index (χ1v) is 6.58. The van der Waals surface area contributed by atoms with E-state index in [-0.39, 0.29) is 5.91 Å². The smallest absolute Gasteiger partial charge is 0.219 e. The SMILES string of the molecule is CC(=O)N1CCN(c2ccc(C3CC3)nn2)CC1. The molecule has 1 aliphatic carbocycles. The largest absolute Gasteiger partial charge is 0.352 e. The summed E-state index contributed by atoms with van der Waals surface area (Å²) < 4.78 is 0. The topological polar surface area (TPSA) is 49.3 Å². The highest BCUT2D eigenvalue weighted by Gasteiger charge is 2.26. The van der Waals surface area contributed by atoms with Gasteiger partial charge in [-0.15, -0.1) is 5.10 Å². The van der Waals surface area contributed by atoms with Gasteiger partial charge in [0.1, 0.15) is 0 Å². The second-order valence-corrected chi connectivity index (χ2v) is 5.08. The Bertz CT molecular complexity index is 433. The highest BCUT2D eigenvalue weighted by Crippen LogP contribution is 2.38. The summed E-state index contributed by atoms with van der Waals surface area (Å²) >= 11 is 0. The zero-order chi connectivity index (χ0) is 12.5. The van der Waals surface area contributed by atoms with E-state index in [0.29, 0.717) is 5.92 Å². The van der Waals surface area contributed by atoms with Crippen molar-refractivity contribution in [3.63, 3.8) is 0 Å². The van der Waals surface area contributed by atoms with Crippen LogP contribution < -0.4 is 4.90 Å². The maximum Gasteiger partial charge on any atom is 0.219 e. The van der Waals surface area contributed by atoms with Crippen molar-refractivity contribution in [3.8, 4) is 0 Å². The molecule has 1 saturated heterocycles. The minimum Gasteiger partial charge on any atom is -0.352 e. The number of aromatic nitrogens is 2. The summed E-state index contributed by atoms with van der Waals surface area (Å²) in [7, 11) is 0. The van der Waals surface area contributed by atoms with Gasteiger partial charge in [-0.25, -0.2) is 0 Å². The Morgan fingerprint density at radius 2 is 1.89 bits per heavy atom. The van der Waals surface area contributed by atoms with Gasteiger partial charge in [0.05, 0.1) is 5.69 Å². The normalized spacial score (nSPS) is 20.1. The molecule has 0 N–H and O–H groups in total. The fourth-order valence-electron chi connectivity index (χ4n) is 2.35. The molecule has 2 heterocycles. The van der Waals surface area contributed by atoms with Gasteiger partial charge in [0.15, 0.2) is 5.82 Å². The molecule has 0 atom stereocenters. The maximum absolute atomic E-state index is 11.2. The van der Waals surface area contributed by atoms with Crippen LogP contribution >= 0.6 is 0 Å². The third kappa shape index (κ3) is 2.30. The van der Waals surface area contributed by atoms with Crippen LogP contribution in [0.5, 0.6) is 0 Å². The summed E-state index contributed by atoms with van der Waals surface area (Å²) in [6.45, 7) is 4.87. The van der Waals surface area contributed by atoms with E-state index in [1.165, 1.54) is 12.8 Å². The van der Waals surface area contributed by atoms with Crippen molar-refractivity contribution < 1.29 is 4.79 Å². The number of hydrogen-bond donors (Lipinski definition) is 0. The van der Waals surface area contributed by atoms with Crippen LogP contribution in [0.25, 0.3) is 0 Å². The van der Waals surface area contributed by atoms with Crippen LogP contribution in [0.15, 0.2) is 12.1 Å². The second kappa shape index (κ2) is 4.55. The molecule has 96 valence electrons. The van der Waals surface area contributed by atoms with E-state index >= 15 is 0 Å². The van der Waals surface area contributed by atoms with Crippen molar-refractivity contribution in [2.75, 3.05) is 31.1 Å². The zero-order valence-corrected chi connectivity index (χ0v) is 10.7. The van der Waals surface area contributed by atoms with Gasteiger partial charge in [-0.2, -0.15) is 5.10 Å². The highest BCUT2D eigenvalue weighted by atomic mass is 16.2. The van der Waals surface area contributed by atoms with Crippen LogP contribution in [0.1, 0.15) is 31.4 Å². The zero-order valence-electron chi connectivity index (χ0n) is 10.7. The van der Waals surface area contributed by atoms with Gasteiger partial charge in [0.2, 0.25) is 5.91 Å². The summed E-state index contributed by atoms with van der Waals surface area (Å²) in [5, 5.41) is 8.60. The number of rotatable bonds is 2. The molecule has 2 fully saturated rings. The molecule has 5 heteroatoms. The molecule has 5 nitrogen and oxygen atoms in total. The Kier molecular flexibility index (Phi) is 2.89. The first-order chi connectivity index (χ1) is 8.74. The van der Waals surface area contributed by atoms with E-state index in [4.69, 9.17) is 0 Å². The molecule has 0 unspecified atom stereocenters. The molecule has 1 aromatic heterocycles. The number of hydrogen-bond acceptors (Lipinski definition) is 4. The fourth-order valence-corrected chi connectivity index (χ4v) is 2.35. The van der Waals surface area contributed by atoms with E-state index in [1.807, 2.05) is 4.90 Å². The fraction of sp³-hybridized carbons (Fsp3) is 0.615. The third-order valence-electron chi connectivity index (χ3n) is 3.72. The van der Waals surface area contributed by atoms with E-state index in [0.717, 1.165) is 37.7 Å². The van der Waals surface area contributed by atoms with E-state index in [9.17, 15) is 4.79 Å². The van der Waals surface area contributed by atoms with Crippen molar-refractivity contribution in [1.29, 1.82) is 0 Å². The number of carbonyl (C=O) groups is 1. The van der Waals surface area contributed by atoms with Gasteiger partial charge in [-0.1, -0.05) is 0 Å². The van der Waals surface area contributed by atoms with E-state index < -0.39 is 0 Å². The predicted octanol–water partition coefficient (Wildman–Crippen LogP) is 1.02. The molecule has 2 aliphatic rings. The van der Waals surface area contributed by atoms with Crippen LogP contribution in [0.4, 0.5) is 5.82 Å². The van der Waals surface area contributed by atoms with Crippen molar-refractivity contribution in [3.05, 3.63) is 17.8 Å². The van der Waals surface area contributed by atoms with Gasteiger partial charge in [0, 0.05) is 39.0 Å². The molecule has 3 rings (SSSR count). The lowest BCUT2D eigenvalue weighted by atomic mass is 10.2. The van der Waals surface area contributed by atoms with E-state index in [2.05, 4.69) is 27.2 Å². The van der Waals surface area contributed by atoms with Gasteiger partial charge in [0.25, 0.3) is 0 Å². The van der Waals surface area contributed by atoms with Gasteiger partial charge < -0.3 is 9.80 Å². The third-order valence-corrected chi connectivity index (χ3v) is 3.72. The van der Waals surface area contributed by atoms with Crippen molar-refractivity contribution in [2.45, 2.75) is 25.7 Å². The highest BCUT2D eigenvalue weighted by molar-refractivity contribution is 5.73. The first kappa shape index (κ1) is 11.4. The molecule has 0 spiro atoms. The Morgan fingerprint density at radius 1 is 1.17 bits per heavy atom. The first-order valence-electron chi connectivity index (χ1n) is 6.58. The van der Waals surface area contributed by atoms with Crippen LogP contribution in [0.2, 0.25) is 0 Å². The predicted molar refractivity (Wildman–Crippen MR) is 68.5 cm³/mol. The number of nitrogens with zero attached hydrogens (tertiary/aromatic N) is 4. The molecule has 18 heavy (non-hydrogen) atoms. The molecular formula is C13H18N4O. The summed E-state index contributed by atoms with van der Waals surface area (Å²) in [6.07, 6.45) is 2.51. The second-order valence-electron chi connectivity index (χ2n) is 5.08. The summed E-state index contributed by atoms with van der Waals surface area (Å²) in [6, 6.07) is 4.15. The molecule has 1 aliphatic heterocycles. The number of carbonyl (C=O) groups excluding carboxylic acids is 1. The Hall–Kier alpha value is -1.65. The van der Waals surface area contributed by atoms with Crippen molar-refractivity contribution in [1.82, 2.24) is 15.1 Å². The molecule has 1 aromatic rings. The lowest BCUT2D eigenvalue weighted by Crippen LogP contribution is -2.48. The van der Waals surface area contributed by atoms with Crippen molar-refractivity contribution >= 4 is 11.7 Å². The summed E-state index contributed by atoms with van der Waals surface area (Å²) in [4.78, 5) is 15.3. The molecule has 0 aromatic carbocycles. The number of piperazine rings is 1. The van der Waals surface area contributed by atoms with Crippen LogP contribution in [0, 0.1) is 0 Å².